The molecular weight excluding hydrogens is 352 g/mol. The predicted molar refractivity (Wildman–Crippen MR) is 102 cm³/mol. The molecule has 0 heterocycles. The van der Waals surface area contributed by atoms with E-state index in [1.165, 1.54) is 11.8 Å². The molecule has 0 atom stereocenters. The van der Waals surface area contributed by atoms with Crippen LogP contribution in [0.4, 0.5) is 0 Å². The van der Waals surface area contributed by atoms with Crippen LogP contribution in [0.25, 0.3) is 0 Å². The van der Waals surface area contributed by atoms with E-state index in [1.54, 1.807) is 19.2 Å². The van der Waals surface area contributed by atoms with Crippen molar-refractivity contribution in [3.05, 3.63) is 64.7 Å². The van der Waals surface area contributed by atoms with E-state index >= 15 is 0 Å². The van der Waals surface area contributed by atoms with Crippen LogP contribution in [0.3, 0.4) is 0 Å². The van der Waals surface area contributed by atoms with Crippen LogP contribution in [0.1, 0.15) is 18.1 Å². The van der Waals surface area contributed by atoms with E-state index in [0.717, 1.165) is 16.9 Å². The highest BCUT2D eigenvalue weighted by Crippen LogP contribution is 2.12. The Morgan fingerprint density at radius 3 is 2.23 bits per heavy atom. The lowest BCUT2D eigenvalue weighted by Crippen LogP contribution is -2.39. The molecule has 2 aromatic rings. The first-order valence-corrected chi connectivity index (χ1v) is 8.75. The van der Waals surface area contributed by atoms with Gasteiger partial charge in [-0.1, -0.05) is 35.9 Å². The quantitative estimate of drug-likeness (QED) is 0.772. The van der Waals surface area contributed by atoms with Crippen molar-refractivity contribution in [2.45, 2.75) is 19.9 Å². The average molecular weight is 375 g/mol. The van der Waals surface area contributed by atoms with Crippen molar-refractivity contribution in [1.29, 1.82) is 0 Å². The molecule has 5 nitrogen and oxygen atoms in total. The second-order valence-corrected chi connectivity index (χ2v) is 6.39. The Balaban J connectivity index is 1.81. The molecule has 0 bridgehead atoms. The molecule has 0 fully saturated rings. The Bertz CT molecular complexity index is 730. The summed E-state index contributed by atoms with van der Waals surface area (Å²) in [6, 6.07) is 14.9. The van der Waals surface area contributed by atoms with Crippen LogP contribution in [0.2, 0.25) is 5.02 Å². The normalized spacial score (nSPS) is 10.3. The van der Waals surface area contributed by atoms with Gasteiger partial charge in [0.1, 0.15) is 5.75 Å². The minimum absolute atomic E-state index is 0.0283. The SMILES string of the molecule is COc1ccc(CCNC(=O)CN(Cc2ccc(Cl)cc2)C(C)=O)cc1. The van der Waals surface area contributed by atoms with Crippen molar-refractivity contribution in [3.63, 3.8) is 0 Å². The fraction of sp³-hybridized carbons (Fsp3) is 0.300. The Labute approximate surface area is 158 Å². The zero-order valence-corrected chi connectivity index (χ0v) is 15.8. The number of carbonyl (C=O) groups is 2. The third kappa shape index (κ3) is 6.41. The number of halogens is 1. The van der Waals surface area contributed by atoms with Gasteiger partial charge >= 0.3 is 0 Å². The van der Waals surface area contributed by atoms with Gasteiger partial charge in [0.2, 0.25) is 11.8 Å². The van der Waals surface area contributed by atoms with Crippen LogP contribution in [0.5, 0.6) is 5.75 Å². The Hall–Kier alpha value is -2.53. The maximum atomic E-state index is 12.1. The van der Waals surface area contributed by atoms with E-state index in [9.17, 15) is 9.59 Å². The summed E-state index contributed by atoms with van der Waals surface area (Å²) in [5, 5.41) is 3.49. The van der Waals surface area contributed by atoms with Gasteiger partial charge in [-0.05, 0) is 41.8 Å². The molecule has 1 N–H and O–H groups in total. The highest BCUT2D eigenvalue weighted by atomic mass is 35.5. The van der Waals surface area contributed by atoms with Crippen molar-refractivity contribution in [3.8, 4) is 5.75 Å². The molecule has 0 spiro atoms. The van der Waals surface area contributed by atoms with Gasteiger partial charge < -0.3 is 15.0 Å². The van der Waals surface area contributed by atoms with Crippen molar-refractivity contribution < 1.29 is 14.3 Å². The maximum absolute atomic E-state index is 12.1. The van der Waals surface area contributed by atoms with E-state index in [-0.39, 0.29) is 18.4 Å². The molecule has 0 aliphatic rings. The van der Waals surface area contributed by atoms with E-state index in [1.807, 2.05) is 36.4 Å². The molecule has 0 aromatic heterocycles. The predicted octanol–water partition coefficient (Wildman–Crippen LogP) is 3.06. The molecule has 6 heteroatoms. The first kappa shape index (κ1) is 19.8. The van der Waals surface area contributed by atoms with Gasteiger partial charge in [0.05, 0.1) is 13.7 Å². The largest absolute Gasteiger partial charge is 0.497 e. The molecular formula is C20H23ClN2O3. The second-order valence-electron chi connectivity index (χ2n) is 5.95. The number of ether oxygens (including phenoxy) is 1. The topological polar surface area (TPSA) is 58.6 Å². The van der Waals surface area contributed by atoms with Gasteiger partial charge in [-0.3, -0.25) is 9.59 Å². The van der Waals surface area contributed by atoms with Gasteiger partial charge in [0.15, 0.2) is 0 Å². The number of carbonyl (C=O) groups excluding carboxylic acids is 2. The van der Waals surface area contributed by atoms with E-state index in [4.69, 9.17) is 16.3 Å². The molecule has 0 unspecified atom stereocenters. The summed E-state index contributed by atoms with van der Waals surface area (Å²) < 4.78 is 5.12. The lowest BCUT2D eigenvalue weighted by molar-refractivity contribution is -0.134. The number of hydrogen-bond donors (Lipinski definition) is 1. The Morgan fingerprint density at radius 2 is 1.65 bits per heavy atom. The maximum Gasteiger partial charge on any atom is 0.239 e. The molecule has 0 saturated heterocycles. The minimum atomic E-state index is -0.178. The fourth-order valence-corrected chi connectivity index (χ4v) is 2.58. The number of amides is 2. The van der Waals surface area contributed by atoms with Crippen LogP contribution in [-0.2, 0) is 22.6 Å². The van der Waals surface area contributed by atoms with Crippen molar-refractivity contribution in [2.75, 3.05) is 20.2 Å². The third-order valence-electron chi connectivity index (χ3n) is 3.96. The number of nitrogens with zero attached hydrogens (tertiary/aromatic N) is 1. The average Bonchev–Trinajstić information content (AvgIpc) is 2.63. The summed E-state index contributed by atoms with van der Waals surface area (Å²) in [7, 11) is 1.63. The lowest BCUT2D eigenvalue weighted by Gasteiger charge is -2.20. The number of benzene rings is 2. The zero-order chi connectivity index (χ0) is 18.9. The Kier molecular flexibility index (Phi) is 7.48. The monoisotopic (exact) mass is 374 g/mol. The molecule has 0 saturated carbocycles. The summed E-state index contributed by atoms with van der Waals surface area (Å²) in [6.45, 7) is 2.37. The first-order valence-electron chi connectivity index (χ1n) is 8.37. The van der Waals surface area contributed by atoms with Gasteiger partial charge in [0.25, 0.3) is 0 Å². The van der Waals surface area contributed by atoms with Crippen LogP contribution in [0, 0.1) is 0 Å². The highest BCUT2D eigenvalue weighted by molar-refractivity contribution is 6.30. The summed E-state index contributed by atoms with van der Waals surface area (Å²) in [5.41, 5.74) is 2.03. The van der Waals surface area contributed by atoms with E-state index < -0.39 is 0 Å². The summed E-state index contributed by atoms with van der Waals surface area (Å²) >= 11 is 5.87. The Morgan fingerprint density at radius 1 is 1.04 bits per heavy atom. The van der Waals surface area contributed by atoms with Gasteiger partial charge in [0, 0.05) is 25.0 Å². The number of rotatable bonds is 8. The standard InChI is InChI=1S/C20H23ClN2O3/c1-15(24)23(13-17-3-7-18(21)8-4-17)14-20(25)22-12-11-16-5-9-19(26-2)10-6-16/h3-10H,11-14H2,1-2H3,(H,22,25). The van der Waals surface area contributed by atoms with Crippen molar-refractivity contribution >= 4 is 23.4 Å². The second kappa shape index (κ2) is 9.82. The van der Waals surface area contributed by atoms with Gasteiger partial charge in [-0.15, -0.1) is 0 Å². The van der Waals surface area contributed by atoms with Crippen LogP contribution in [0.15, 0.2) is 48.5 Å². The molecule has 26 heavy (non-hydrogen) atoms. The lowest BCUT2D eigenvalue weighted by atomic mass is 10.1. The molecule has 2 rings (SSSR count). The van der Waals surface area contributed by atoms with Gasteiger partial charge in [-0.2, -0.15) is 0 Å². The molecule has 2 amide bonds. The summed E-state index contributed by atoms with van der Waals surface area (Å²) in [4.78, 5) is 25.5. The number of hydrogen-bond acceptors (Lipinski definition) is 3. The summed E-state index contributed by atoms with van der Waals surface area (Å²) in [5.74, 6) is 0.477. The molecule has 0 radical (unpaired) electrons. The first-order chi connectivity index (χ1) is 12.5. The van der Waals surface area contributed by atoms with Crippen LogP contribution in [-0.4, -0.2) is 36.9 Å². The fourth-order valence-electron chi connectivity index (χ4n) is 2.46. The van der Waals surface area contributed by atoms with E-state index in [2.05, 4.69) is 5.32 Å². The van der Waals surface area contributed by atoms with Crippen molar-refractivity contribution in [1.82, 2.24) is 10.2 Å². The zero-order valence-electron chi connectivity index (χ0n) is 15.0. The minimum Gasteiger partial charge on any atom is -0.497 e. The smallest absolute Gasteiger partial charge is 0.239 e. The number of methoxy groups -OCH3 is 1. The van der Waals surface area contributed by atoms with E-state index in [0.29, 0.717) is 24.5 Å². The molecule has 138 valence electrons. The van der Waals surface area contributed by atoms with Crippen molar-refractivity contribution in [2.24, 2.45) is 0 Å². The van der Waals surface area contributed by atoms with Gasteiger partial charge in [-0.25, -0.2) is 0 Å². The van der Waals surface area contributed by atoms with Crippen LogP contribution >= 0.6 is 11.6 Å². The molecule has 0 aliphatic carbocycles. The van der Waals surface area contributed by atoms with Crippen LogP contribution < -0.4 is 10.1 Å². The number of nitrogens with one attached hydrogen (secondary N) is 1. The summed E-state index contributed by atoms with van der Waals surface area (Å²) in [6.07, 6.45) is 0.715. The molecule has 2 aromatic carbocycles. The molecule has 0 aliphatic heterocycles. The highest BCUT2D eigenvalue weighted by Gasteiger charge is 2.14. The third-order valence-corrected chi connectivity index (χ3v) is 4.21.